The highest BCUT2D eigenvalue weighted by atomic mass is 32.2. The van der Waals surface area contributed by atoms with E-state index in [1.54, 1.807) is 24.8 Å². The van der Waals surface area contributed by atoms with Crippen molar-refractivity contribution >= 4 is 28.6 Å². The Labute approximate surface area is 122 Å². The first-order valence-electron chi connectivity index (χ1n) is 6.50. The molecule has 1 heterocycles. The van der Waals surface area contributed by atoms with Crippen molar-refractivity contribution in [1.82, 2.24) is 5.32 Å². The van der Waals surface area contributed by atoms with Crippen molar-refractivity contribution in [3.8, 4) is 0 Å². The molecule has 108 valence electrons. The van der Waals surface area contributed by atoms with Crippen molar-refractivity contribution in [3.05, 3.63) is 36.1 Å². The number of aliphatic hydroxyl groups is 1. The molecule has 1 amide bonds. The summed E-state index contributed by atoms with van der Waals surface area (Å²) in [7, 11) is 0. The maximum atomic E-state index is 12.0. The number of para-hydroxylation sites is 1. The normalized spacial score (nSPS) is 14.2. The second-order valence-electron chi connectivity index (χ2n) is 5.07. The lowest BCUT2D eigenvalue weighted by atomic mass is 10.0. The van der Waals surface area contributed by atoms with Gasteiger partial charge in [-0.1, -0.05) is 18.2 Å². The molecule has 4 nitrogen and oxygen atoms in total. The minimum atomic E-state index is -0.898. The number of carbonyl (C=O) groups excluding carboxylic acids is 1. The lowest BCUT2D eigenvalue weighted by Crippen LogP contribution is -2.40. The third-order valence-corrected chi connectivity index (χ3v) is 3.74. The number of benzene rings is 1. The van der Waals surface area contributed by atoms with Crippen LogP contribution in [-0.4, -0.2) is 35.2 Å². The van der Waals surface area contributed by atoms with Gasteiger partial charge in [0.25, 0.3) is 5.91 Å². The molecule has 0 saturated heterocycles. The number of nitrogens with one attached hydrogen (secondary N) is 1. The van der Waals surface area contributed by atoms with Gasteiger partial charge in [0.15, 0.2) is 5.76 Å². The molecule has 1 aromatic heterocycles. The Morgan fingerprint density at radius 3 is 2.90 bits per heavy atom. The van der Waals surface area contributed by atoms with Crippen LogP contribution >= 0.6 is 11.8 Å². The van der Waals surface area contributed by atoms with Gasteiger partial charge in [0.2, 0.25) is 0 Å². The van der Waals surface area contributed by atoms with Gasteiger partial charge in [0, 0.05) is 11.9 Å². The standard InChI is InChI=1S/C15H19NO3S/c1-15(18,7-8-20-2)10-16-14(17)13-9-11-5-3-4-6-12(11)19-13/h3-6,9,18H,7-8,10H2,1-2H3,(H,16,17)/t15-/m1/s1. The van der Waals surface area contributed by atoms with E-state index in [9.17, 15) is 9.90 Å². The molecule has 0 aliphatic rings. The van der Waals surface area contributed by atoms with E-state index in [0.717, 1.165) is 11.1 Å². The minimum Gasteiger partial charge on any atom is -0.451 e. The monoisotopic (exact) mass is 293 g/mol. The van der Waals surface area contributed by atoms with Crippen LogP contribution < -0.4 is 5.32 Å². The third kappa shape index (κ3) is 3.77. The highest BCUT2D eigenvalue weighted by Gasteiger charge is 2.22. The van der Waals surface area contributed by atoms with Gasteiger partial charge >= 0.3 is 0 Å². The molecule has 5 heteroatoms. The van der Waals surface area contributed by atoms with Crippen molar-refractivity contribution in [2.24, 2.45) is 0 Å². The summed E-state index contributed by atoms with van der Waals surface area (Å²) in [5, 5.41) is 13.7. The van der Waals surface area contributed by atoms with Crippen LogP contribution in [0.15, 0.2) is 34.7 Å². The van der Waals surface area contributed by atoms with E-state index in [0.29, 0.717) is 12.0 Å². The van der Waals surface area contributed by atoms with Crippen LogP contribution in [0.5, 0.6) is 0 Å². The maximum absolute atomic E-state index is 12.0. The predicted molar refractivity (Wildman–Crippen MR) is 82.2 cm³/mol. The van der Waals surface area contributed by atoms with Crippen LogP contribution in [0.3, 0.4) is 0 Å². The molecular weight excluding hydrogens is 274 g/mol. The summed E-state index contributed by atoms with van der Waals surface area (Å²) in [6.07, 6.45) is 2.62. The Bertz CT molecular complexity index is 559. The summed E-state index contributed by atoms with van der Waals surface area (Å²) in [5.74, 6) is 0.825. The fourth-order valence-electron chi connectivity index (χ4n) is 1.86. The Morgan fingerprint density at radius 2 is 2.20 bits per heavy atom. The first-order chi connectivity index (χ1) is 9.52. The quantitative estimate of drug-likeness (QED) is 0.859. The number of hydrogen-bond acceptors (Lipinski definition) is 4. The number of fused-ring (bicyclic) bond motifs is 1. The molecular formula is C15H19NO3S. The molecule has 0 spiro atoms. The molecule has 2 rings (SSSR count). The molecule has 0 bridgehead atoms. The molecule has 20 heavy (non-hydrogen) atoms. The Hall–Kier alpha value is -1.46. The highest BCUT2D eigenvalue weighted by molar-refractivity contribution is 7.98. The maximum Gasteiger partial charge on any atom is 0.287 e. The number of thioether (sulfide) groups is 1. The Kier molecular flexibility index (Phi) is 4.73. The average molecular weight is 293 g/mol. The van der Waals surface area contributed by atoms with E-state index in [2.05, 4.69) is 5.32 Å². The van der Waals surface area contributed by atoms with Gasteiger partial charge in [-0.3, -0.25) is 4.79 Å². The first kappa shape index (κ1) is 14.9. The first-order valence-corrected chi connectivity index (χ1v) is 7.89. The lowest BCUT2D eigenvalue weighted by Gasteiger charge is -2.22. The van der Waals surface area contributed by atoms with Crippen molar-refractivity contribution in [3.63, 3.8) is 0 Å². The molecule has 0 unspecified atom stereocenters. The van der Waals surface area contributed by atoms with Gasteiger partial charge in [-0.05, 0) is 37.5 Å². The van der Waals surface area contributed by atoms with Gasteiger partial charge in [-0.2, -0.15) is 11.8 Å². The fraction of sp³-hybridized carbons (Fsp3) is 0.400. The second kappa shape index (κ2) is 6.33. The molecule has 2 aromatic rings. The summed E-state index contributed by atoms with van der Waals surface area (Å²) in [5.41, 5.74) is -0.211. The average Bonchev–Trinajstić information content (AvgIpc) is 2.86. The molecule has 0 aliphatic carbocycles. The zero-order valence-electron chi connectivity index (χ0n) is 11.7. The van der Waals surface area contributed by atoms with E-state index < -0.39 is 5.60 Å². The van der Waals surface area contributed by atoms with Gasteiger partial charge in [-0.15, -0.1) is 0 Å². The van der Waals surface area contributed by atoms with Crippen LogP contribution in [0.2, 0.25) is 0 Å². The summed E-state index contributed by atoms with van der Waals surface area (Å²) in [6.45, 7) is 1.94. The summed E-state index contributed by atoms with van der Waals surface area (Å²) < 4.78 is 5.48. The number of amides is 1. The van der Waals surface area contributed by atoms with Crippen molar-refractivity contribution < 1.29 is 14.3 Å². The number of hydrogen-bond donors (Lipinski definition) is 2. The molecule has 1 atom stereocenters. The van der Waals surface area contributed by atoms with Gasteiger partial charge in [0.1, 0.15) is 5.58 Å². The number of carbonyl (C=O) groups is 1. The summed E-state index contributed by atoms with van der Waals surface area (Å²) >= 11 is 1.67. The van der Waals surface area contributed by atoms with Crippen molar-refractivity contribution in [2.75, 3.05) is 18.6 Å². The van der Waals surface area contributed by atoms with Crippen LogP contribution in [0, 0.1) is 0 Å². The largest absolute Gasteiger partial charge is 0.451 e. The number of furan rings is 1. The third-order valence-electron chi connectivity index (χ3n) is 3.12. The predicted octanol–water partition coefficient (Wildman–Crippen LogP) is 2.67. The van der Waals surface area contributed by atoms with Crippen LogP contribution in [-0.2, 0) is 0 Å². The number of rotatable bonds is 6. The molecule has 0 radical (unpaired) electrons. The summed E-state index contributed by atoms with van der Waals surface area (Å²) in [4.78, 5) is 12.0. The van der Waals surface area contributed by atoms with Crippen LogP contribution in [0.25, 0.3) is 11.0 Å². The van der Waals surface area contributed by atoms with E-state index in [-0.39, 0.29) is 18.2 Å². The zero-order chi connectivity index (χ0) is 14.6. The molecule has 0 fully saturated rings. The topological polar surface area (TPSA) is 62.5 Å². The van der Waals surface area contributed by atoms with Crippen LogP contribution in [0.4, 0.5) is 0 Å². The molecule has 0 saturated carbocycles. The highest BCUT2D eigenvalue weighted by Crippen LogP contribution is 2.19. The Morgan fingerprint density at radius 1 is 1.45 bits per heavy atom. The lowest BCUT2D eigenvalue weighted by molar-refractivity contribution is 0.0521. The van der Waals surface area contributed by atoms with Gasteiger partial charge in [-0.25, -0.2) is 0 Å². The zero-order valence-corrected chi connectivity index (χ0v) is 12.5. The van der Waals surface area contributed by atoms with E-state index in [1.165, 1.54) is 0 Å². The molecule has 2 N–H and O–H groups in total. The van der Waals surface area contributed by atoms with Crippen molar-refractivity contribution in [2.45, 2.75) is 18.9 Å². The van der Waals surface area contributed by atoms with E-state index in [4.69, 9.17) is 4.42 Å². The van der Waals surface area contributed by atoms with E-state index in [1.807, 2.05) is 30.5 Å². The van der Waals surface area contributed by atoms with E-state index >= 15 is 0 Å². The SMILES string of the molecule is CSCC[C@@](C)(O)CNC(=O)c1cc2ccccc2o1. The molecule has 0 aliphatic heterocycles. The Balaban J connectivity index is 1.98. The van der Waals surface area contributed by atoms with Crippen molar-refractivity contribution in [1.29, 1.82) is 0 Å². The second-order valence-corrected chi connectivity index (χ2v) is 6.06. The summed E-state index contributed by atoms with van der Waals surface area (Å²) in [6, 6.07) is 9.18. The van der Waals surface area contributed by atoms with Gasteiger partial charge in [0.05, 0.1) is 5.60 Å². The minimum absolute atomic E-state index is 0.212. The molecule has 1 aromatic carbocycles. The smallest absolute Gasteiger partial charge is 0.287 e. The van der Waals surface area contributed by atoms with Gasteiger partial charge < -0.3 is 14.8 Å². The fourth-order valence-corrected chi connectivity index (χ4v) is 2.51. The van der Waals surface area contributed by atoms with Crippen LogP contribution in [0.1, 0.15) is 23.9 Å².